The normalized spacial score (nSPS) is 12.1. The van der Waals surface area contributed by atoms with E-state index in [0.717, 1.165) is 27.1 Å². The smallest absolute Gasteiger partial charge is 0.326 e. The summed E-state index contributed by atoms with van der Waals surface area (Å²) in [4.78, 5) is 31.6. The van der Waals surface area contributed by atoms with Crippen LogP contribution in [0, 0.1) is 13.8 Å². The van der Waals surface area contributed by atoms with Crippen molar-refractivity contribution in [1.29, 1.82) is 0 Å². The number of aryl methyl sites for hydroxylation is 3. The van der Waals surface area contributed by atoms with Crippen LogP contribution in [0.25, 0.3) is 21.3 Å². The number of nitrogens with zero attached hydrogens (tertiary/aromatic N) is 2. The van der Waals surface area contributed by atoms with Gasteiger partial charge < -0.3 is 9.84 Å². The summed E-state index contributed by atoms with van der Waals surface area (Å²) in [7, 11) is 1.59. The topological polar surface area (TPSA) is 81.4 Å². The molecule has 32 heavy (non-hydrogen) atoms. The van der Waals surface area contributed by atoms with E-state index in [4.69, 9.17) is 4.74 Å². The first-order valence-corrected chi connectivity index (χ1v) is 11.1. The highest BCUT2D eigenvalue weighted by molar-refractivity contribution is 7.19. The molecule has 0 saturated carbocycles. The van der Waals surface area contributed by atoms with Crippen molar-refractivity contribution < 1.29 is 14.6 Å². The number of ether oxygens (including phenoxy) is 1. The molecule has 7 heteroatoms. The Morgan fingerprint density at radius 3 is 2.62 bits per heavy atom. The second kappa shape index (κ2) is 8.96. The molecule has 0 aliphatic carbocycles. The van der Waals surface area contributed by atoms with Crippen LogP contribution in [0.3, 0.4) is 0 Å². The van der Waals surface area contributed by atoms with Crippen molar-refractivity contribution in [2.45, 2.75) is 32.7 Å². The molecule has 2 heterocycles. The molecular weight excluding hydrogens is 424 g/mol. The number of benzene rings is 2. The van der Waals surface area contributed by atoms with E-state index >= 15 is 0 Å². The highest BCUT2D eigenvalue weighted by atomic mass is 32.1. The summed E-state index contributed by atoms with van der Waals surface area (Å²) < 4.78 is 6.60. The highest BCUT2D eigenvalue weighted by Crippen LogP contribution is 2.37. The Hall–Kier alpha value is -3.45. The van der Waals surface area contributed by atoms with Gasteiger partial charge in [-0.1, -0.05) is 42.0 Å². The maximum atomic E-state index is 13.5. The minimum absolute atomic E-state index is 0.295. The summed E-state index contributed by atoms with van der Waals surface area (Å²) >= 11 is 1.43. The quantitative estimate of drug-likeness (QED) is 0.430. The molecule has 0 saturated heterocycles. The van der Waals surface area contributed by atoms with Crippen LogP contribution in [0.2, 0.25) is 0 Å². The van der Waals surface area contributed by atoms with E-state index in [0.29, 0.717) is 28.8 Å². The predicted octanol–water partition coefficient (Wildman–Crippen LogP) is 5.01. The molecule has 0 aliphatic heterocycles. The van der Waals surface area contributed by atoms with Crippen LogP contribution < -0.4 is 10.3 Å². The minimum Gasteiger partial charge on any atom is -0.497 e. The minimum atomic E-state index is -1.05. The van der Waals surface area contributed by atoms with Crippen molar-refractivity contribution in [2.75, 3.05) is 7.11 Å². The highest BCUT2D eigenvalue weighted by Gasteiger charge is 2.24. The summed E-state index contributed by atoms with van der Waals surface area (Å²) in [6.07, 6.45) is 2.21. The summed E-state index contributed by atoms with van der Waals surface area (Å²) in [5.41, 5.74) is 3.46. The molecule has 0 spiro atoms. The second-order valence-corrected chi connectivity index (χ2v) is 8.98. The Kier molecular flexibility index (Phi) is 6.10. The first kappa shape index (κ1) is 21.8. The second-order valence-electron chi connectivity index (χ2n) is 7.78. The van der Waals surface area contributed by atoms with Crippen molar-refractivity contribution >= 4 is 27.5 Å². The van der Waals surface area contributed by atoms with E-state index < -0.39 is 12.0 Å². The fourth-order valence-electron chi connectivity index (χ4n) is 3.90. The molecule has 0 amide bonds. The molecule has 0 bridgehead atoms. The molecule has 4 aromatic rings. The number of hydrogen-bond acceptors (Lipinski definition) is 5. The predicted molar refractivity (Wildman–Crippen MR) is 127 cm³/mol. The van der Waals surface area contributed by atoms with Gasteiger partial charge in [-0.2, -0.15) is 0 Å². The van der Waals surface area contributed by atoms with Gasteiger partial charge in [0.2, 0.25) is 0 Å². The van der Waals surface area contributed by atoms with E-state index in [2.05, 4.69) is 4.98 Å². The molecule has 0 radical (unpaired) electrons. The Morgan fingerprint density at radius 1 is 1.19 bits per heavy atom. The van der Waals surface area contributed by atoms with Crippen LogP contribution in [0.5, 0.6) is 5.75 Å². The largest absolute Gasteiger partial charge is 0.497 e. The molecule has 1 unspecified atom stereocenters. The number of carboxylic acid groups (broad SMARTS) is 1. The molecule has 4 rings (SSSR count). The van der Waals surface area contributed by atoms with Crippen LogP contribution in [-0.2, 0) is 11.2 Å². The summed E-state index contributed by atoms with van der Waals surface area (Å²) in [5, 5.41) is 10.4. The maximum absolute atomic E-state index is 13.5. The van der Waals surface area contributed by atoms with E-state index in [1.807, 2.05) is 62.4 Å². The Labute approximate surface area is 189 Å². The molecule has 0 fully saturated rings. The van der Waals surface area contributed by atoms with E-state index in [-0.39, 0.29) is 5.56 Å². The summed E-state index contributed by atoms with van der Waals surface area (Å²) in [6.45, 7) is 3.95. The Bertz CT molecular complexity index is 1340. The third-order valence-corrected chi connectivity index (χ3v) is 6.63. The monoisotopic (exact) mass is 448 g/mol. The Morgan fingerprint density at radius 2 is 1.94 bits per heavy atom. The molecule has 1 N–H and O–H groups in total. The van der Waals surface area contributed by atoms with Crippen molar-refractivity contribution in [3.8, 4) is 16.9 Å². The molecule has 164 valence electrons. The van der Waals surface area contributed by atoms with Crippen LogP contribution in [-0.4, -0.2) is 27.7 Å². The average Bonchev–Trinajstić information content (AvgIpc) is 3.13. The maximum Gasteiger partial charge on any atom is 0.326 e. The third kappa shape index (κ3) is 4.16. The fourth-order valence-corrected chi connectivity index (χ4v) is 4.91. The first-order chi connectivity index (χ1) is 15.4. The zero-order chi connectivity index (χ0) is 22.8. The van der Waals surface area contributed by atoms with Gasteiger partial charge in [0.1, 0.15) is 16.6 Å². The third-order valence-electron chi connectivity index (χ3n) is 5.62. The molecule has 1 atom stereocenters. The number of fused-ring (bicyclic) bond motifs is 1. The van der Waals surface area contributed by atoms with Crippen molar-refractivity contribution in [1.82, 2.24) is 9.55 Å². The molecule has 6 nitrogen and oxygen atoms in total. The lowest BCUT2D eigenvalue weighted by molar-refractivity contribution is -0.141. The number of methoxy groups -OCH3 is 1. The van der Waals surface area contributed by atoms with Crippen molar-refractivity contribution in [2.24, 2.45) is 0 Å². The molecule has 0 aliphatic rings. The van der Waals surface area contributed by atoms with Gasteiger partial charge in [0.05, 0.1) is 18.8 Å². The zero-order valence-corrected chi connectivity index (χ0v) is 19.0. The van der Waals surface area contributed by atoms with E-state index in [1.54, 1.807) is 7.11 Å². The van der Waals surface area contributed by atoms with E-state index in [9.17, 15) is 14.7 Å². The van der Waals surface area contributed by atoms with Gasteiger partial charge in [-0.3, -0.25) is 9.36 Å². The SMILES string of the molecule is COc1cccc(-c2c(C)sc3ncn(C(CCc4ccc(C)cc4)C(=O)O)c(=O)c23)c1. The molecular formula is C25H24N2O4S. The number of carboxylic acids is 1. The van der Waals surface area contributed by atoms with Gasteiger partial charge in [-0.15, -0.1) is 11.3 Å². The number of rotatable bonds is 7. The average molecular weight is 449 g/mol. The lowest BCUT2D eigenvalue weighted by Crippen LogP contribution is -2.30. The Balaban J connectivity index is 1.78. The van der Waals surface area contributed by atoms with Gasteiger partial charge in [0, 0.05) is 10.4 Å². The van der Waals surface area contributed by atoms with Crippen LogP contribution >= 0.6 is 11.3 Å². The van der Waals surface area contributed by atoms with Crippen LogP contribution in [0.1, 0.15) is 28.5 Å². The van der Waals surface area contributed by atoms with Gasteiger partial charge in [0.15, 0.2) is 0 Å². The number of aliphatic carboxylic acids is 1. The van der Waals surface area contributed by atoms with Crippen molar-refractivity contribution in [3.63, 3.8) is 0 Å². The van der Waals surface area contributed by atoms with Crippen molar-refractivity contribution in [3.05, 3.63) is 81.2 Å². The van der Waals surface area contributed by atoms with Crippen LogP contribution in [0.4, 0.5) is 0 Å². The van der Waals surface area contributed by atoms with Gasteiger partial charge in [-0.05, 0) is 49.9 Å². The lowest BCUT2D eigenvalue weighted by atomic mass is 10.0. The first-order valence-electron chi connectivity index (χ1n) is 10.3. The number of aromatic nitrogens is 2. The summed E-state index contributed by atoms with van der Waals surface area (Å²) in [5.74, 6) is -0.359. The number of thiophene rings is 1. The molecule has 2 aromatic carbocycles. The van der Waals surface area contributed by atoms with Gasteiger partial charge in [-0.25, -0.2) is 9.78 Å². The van der Waals surface area contributed by atoms with E-state index in [1.165, 1.54) is 22.2 Å². The lowest BCUT2D eigenvalue weighted by Gasteiger charge is -2.16. The number of hydrogen-bond donors (Lipinski definition) is 1. The van der Waals surface area contributed by atoms with Gasteiger partial charge >= 0.3 is 5.97 Å². The standard InChI is InChI=1S/C25H24N2O4S/c1-15-7-9-17(10-8-15)11-12-20(25(29)30)27-14-26-23-22(24(27)28)21(16(2)32-23)18-5-4-6-19(13-18)31-3/h4-10,13-14,20H,11-12H2,1-3H3,(H,29,30). The summed E-state index contributed by atoms with van der Waals surface area (Å²) in [6, 6.07) is 14.5. The zero-order valence-electron chi connectivity index (χ0n) is 18.2. The van der Waals surface area contributed by atoms with Gasteiger partial charge in [0.25, 0.3) is 5.56 Å². The number of carbonyl (C=O) groups is 1. The molecule has 2 aromatic heterocycles. The fraction of sp³-hybridized carbons (Fsp3) is 0.240. The van der Waals surface area contributed by atoms with Crippen LogP contribution in [0.15, 0.2) is 59.7 Å².